The fourth-order valence-corrected chi connectivity index (χ4v) is 2.98. The minimum Gasteiger partial charge on any atom is -0.480 e. The first-order valence-electron chi connectivity index (χ1n) is 9.22. The molecular formula is C20H25FN2O8. The average molecular weight is 440 g/mol. The number of carboxylic acid groups (broad SMARTS) is 1. The van der Waals surface area contributed by atoms with Gasteiger partial charge >= 0.3 is 17.9 Å². The Hall–Kier alpha value is -3.50. The summed E-state index contributed by atoms with van der Waals surface area (Å²) in [5.41, 5.74) is 0.123. The van der Waals surface area contributed by atoms with Crippen molar-refractivity contribution < 1.29 is 42.9 Å². The van der Waals surface area contributed by atoms with E-state index in [1.54, 1.807) is 6.07 Å². The van der Waals surface area contributed by atoms with Gasteiger partial charge in [-0.2, -0.15) is 0 Å². The van der Waals surface area contributed by atoms with E-state index in [0.717, 1.165) is 21.1 Å². The van der Waals surface area contributed by atoms with Crippen LogP contribution in [0.15, 0.2) is 24.3 Å². The summed E-state index contributed by atoms with van der Waals surface area (Å²) >= 11 is 0. The molecule has 0 heterocycles. The van der Waals surface area contributed by atoms with Crippen molar-refractivity contribution in [2.24, 2.45) is 11.8 Å². The van der Waals surface area contributed by atoms with Gasteiger partial charge in [0.15, 0.2) is 5.92 Å². The van der Waals surface area contributed by atoms with Crippen molar-refractivity contribution in [1.29, 1.82) is 0 Å². The Morgan fingerprint density at radius 3 is 2.03 bits per heavy atom. The first-order chi connectivity index (χ1) is 14.5. The number of methoxy groups -OCH3 is 2. The SMILES string of the molecule is COC(=O)C(C(=O)OC)[C@@H](C)[C@H](NC(=O)[C@@H](Cc1ccccc1F)NC(C)=O)C(=O)O. The molecule has 170 valence electrons. The van der Waals surface area contributed by atoms with E-state index in [9.17, 15) is 33.5 Å². The lowest BCUT2D eigenvalue weighted by Gasteiger charge is -2.27. The first kappa shape index (κ1) is 25.5. The molecule has 0 aliphatic rings. The van der Waals surface area contributed by atoms with Gasteiger partial charge in [0, 0.05) is 19.3 Å². The summed E-state index contributed by atoms with van der Waals surface area (Å²) in [5.74, 6) is -8.65. The lowest BCUT2D eigenvalue weighted by Crippen LogP contribution is -2.56. The topological polar surface area (TPSA) is 148 Å². The maximum Gasteiger partial charge on any atom is 0.326 e. The van der Waals surface area contributed by atoms with Gasteiger partial charge < -0.3 is 25.2 Å². The van der Waals surface area contributed by atoms with E-state index in [-0.39, 0.29) is 12.0 Å². The van der Waals surface area contributed by atoms with Crippen LogP contribution in [-0.4, -0.2) is 61.1 Å². The number of carbonyl (C=O) groups is 5. The zero-order valence-electron chi connectivity index (χ0n) is 17.5. The van der Waals surface area contributed by atoms with E-state index in [1.165, 1.54) is 25.1 Å². The molecule has 31 heavy (non-hydrogen) atoms. The van der Waals surface area contributed by atoms with Crippen molar-refractivity contribution in [3.63, 3.8) is 0 Å². The molecule has 0 bridgehead atoms. The molecule has 0 unspecified atom stereocenters. The van der Waals surface area contributed by atoms with Crippen LogP contribution in [0.3, 0.4) is 0 Å². The van der Waals surface area contributed by atoms with Crippen LogP contribution in [-0.2, 0) is 39.9 Å². The van der Waals surface area contributed by atoms with Crippen LogP contribution in [0.5, 0.6) is 0 Å². The molecule has 0 aromatic heterocycles. The molecule has 1 aromatic carbocycles. The second-order valence-corrected chi connectivity index (χ2v) is 6.76. The Labute approximate surface area is 178 Å². The lowest BCUT2D eigenvalue weighted by atomic mass is 9.87. The number of halogens is 1. The number of carboxylic acids is 1. The van der Waals surface area contributed by atoms with Gasteiger partial charge in [0.25, 0.3) is 0 Å². The van der Waals surface area contributed by atoms with Gasteiger partial charge in [-0.3, -0.25) is 19.2 Å². The maximum absolute atomic E-state index is 14.0. The summed E-state index contributed by atoms with van der Waals surface area (Å²) in [5, 5.41) is 14.1. The van der Waals surface area contributed by atoms with Gasteiger partial charge in [-0.1, -0.05) is 25.1 Å². The Morgan fingerprint density at radius 1 is 1.03 bits per heavy atom. The summed E-state index contributed by atoms with van der Waals surface area (Å²) in [4.78, 5) is 60.1. The second-order valence-electron chi connectivity index (χ2n) is 6.76. The summed E-state index contributed by atoms with van der Waals surface area (Å²) in [6.07, 6.45) is -0.254. The smallest absolute Gasteiger partial charge is 0.326 e. The maximum atomic E-state index is 14.0. The van der Waals surface area contributed by atoms with E-state index < -0.39 is 59.5 Å². The van der Waals surface area contributed by atoms with Crippen molar-refractivity contribution in [3.05, 3.63) is 35.6 Å². The quantitative estimate of drug-likeness (QED) is 0.341. The second kappa shape index (κ2) is 11.6. The molecule has 0 radical (unpaired) electrons. The number of carbonyl (C=O) groups excluding carboxylic acids is 4. The Kier molecular flexibility index (Phi) is 9.58. The predicted octanol–water partition coefficient (Wildman–Crippen LogP) is 0.0406. The number of esters is 2. The number of benzene rings is 1. The normalized spacial score (nSPS) is 13.5. The molecule has 0 aliphatic heterocycles. The predicted molar refractivity (Wildman–Crippen MR) is 104 cm³/mol. The molecule has 0 spiro atoms. The number of aliphatic carboxylic acids is 1. The van der Waals surface area contributed by atoms with E-state index in [4.69, 9.17) is 0 Å². The number of ether oxygens (including phenoxy) is 2. The van der Waals surface area contributed by atoms with Crippen LogP contribution in [0.25, 0.3) is 0 Å². The van der Waals surface area contributed by atoms with Gasteiger partial charge in [0.1, 0.15) is 17.9 Å². The molecule has 0 aliphatic carbocycles. The van der Waals surface area contributed by atoms with Crippen molar-refractivity contribution in [3.8, 4) is 0 Å². The van der Waals surface area contributed by atoms with Crippen LogP contribution in [0.2, 0.25) is 0 Å². The largest absolute Gasteiger partial charge is 0.480 e. The highest BCUT2D eigenvalue weighted by Crippen LogP contribution is 2.20. The minimum atomic E-state index is -1.72. The van der Waals surface area contributed by atoms with Gasteiger partial charge in [0.2, 0.25) is 11.8 Å². The number of hydrogen-bond donors (Lipinski definition) is 3. The summed E-state index contributed by atoms with van der Waals surface area (Å²) in [7, 11) is 2.03. The summed E-state index contributed by atoms with van der Waals surface area (Å²) < 4.78 is 23.1. The van der Waals surface area contributed by atoms with E-state index in [2.05, 4.69) is 20.1 Å². The Bertz CT molecular complexity index is 828. The zero-order valence-corrected chi connectivity index (χ0v) is 17.5. The fraction of sp³-hybridized carbons (Fsp3) is 0.450. The van der Waals surface area contributed by atoms with Gasteiger partial charge in [-0.15, -0.1) is 0 Å². The van der Waals surface area contributed by atoms with E-state index in [1.807, 2.05) is 0 Å². The molecule has 3 atom stereocenters. The Morgan fingerprint density at radius 2 is 1.58 bits per heavy atom. The van der Waals surface area contributed by atoms with Gasteiger partial charge in [-0.05, 0) is 11.6 Å². The standard InChI is InChI=1S/C20H25FN2O8/c1-10(15(19(28)30-3)20(29)31-4)16(18(26)27)23-17(25)14(22-11(2)24)9-12-7-5-6-8-13(12)21/h5-8,10,14-16H,9H2,1-4H3,(H,22,24)(H,23,25)(H,26,27)/t10-,14-,16+/m1/s1. The summed E-state index contributed by atoms with van der Waals surface area (Å²) in [6.45, 7) is 2.39. The molecule has 2 amide bonds. The Balaban J connectivity index is 3.16. The zero-order chi connectivity index (χ0) is 23.7. The number of rotatable bonds is 10. The highest BCUT2D eigenvalue weighted by Gasteiger charge is 2.42. The number of amides is 2. The van der Waals surface area contributed by atoms with Crippen LogP contribution in [0, 0.1) is 17.7 Å². The van der Waals surface area contributed by atoms with Gasteiger partial charge in [0.05, 0.1) is 14.2 Å². The number of hydrogen-bond acceptors (Lipinski definition) is 7. The molecule has 0 saturated heterocycles. The molecule has 1 rings (SSSR count). The molecular weight excluding hydrogens is 415 g/mol. The van der Waals surface area contributed by atoms with Crippen molar-refractivity contribution in [1.82, 2.24) is 10.6 Å². The van der Waals surface area contributed by atoms with Crippen LogP contribution in [0.1, 0.15) is 19.4 Å². The van der Waals surface area contributed by atoms with Crippen LogP contribution >= 0.6 is 0 Å². The number of nitrogens with one attached hydrogen (secondary N) is 2. The molecule has 0 fully saturated rings. The average Bonchev–Trinajstić information content (AvgIpc) is 2.71. The highest BCUT2D eigenvalue weighted by atomic mass is 19.1. The van der Waals surface area contributed by atoms with Crippen molar-refractivity contribution in [2.75, 3.05) is 14.2 Å². The van der Waals surface area contributed by atoms with E-state index in [0.29, 0.717) is 0 Å². The third-order valence-corrected chi connectivity index (χ3v) is 4.60. The highest BCUT2D eigenvalue weighted by molar-refractivity contribution is 5.97. The van der Waals surface area contributed by atoms with Crippen molar-refractivity contribution >= 4 is 29.7 Å². The molecule has 0 saturated carbocycles. The molecule has 1 aromatic rings. The molecule has 11 heteroatoms. The molecule has 10 nitrogen and oxygen atoms in total. The van der Waals surface area contributed by atoms with Crippen LogP contribution < -0.4 is 10.6 Å². The monoisotopic (exact) mass is 440 g/mol. The molecule has 3 N–H and O–H groups in total. The third kappa shape index (κ3) is 7.05. The first-order valence-corrected chi connectivity index (χ1v) is 9.22. The lowest BCUT2D eigenvalue weighted by molar-refractivity contribution is -0.163. The van der Waals surface area contributed by atoms with Gasteiger partial charge in [-0.25, -0.2) is 9.18 Å². The fourth-order valence-electron chi connectivity index (χ4n) is 2.98. The third-order valence-electron chi connectivity index (χ3n) is 4.60. The van der Waals surface area contributed by atoms with E-state index >= 15 is 0 Å². The summed E-state index contributed by atoms with van der Waals surface area (Å²) in [6, 6.07) is 2.57. The minimum absolute atomic E-state index is 0.123. The van der Waals surface area contributed by atoms with Crippen molar-refractivity contribution in [2.45, 2.75) is 32.4 Å². The van der Waals surface area contributed by atoms with Crippen LogP contribution in [0.4, 0.5) is 4.39 Å².